The molecule has 4 heteroatoms. The Kier molecular flexibility index (Phi) is 4.21. The van der Waals surface area contributed by atoms with E-state index in [4.69, 9.17) is 5.11 Å². The molecule has 1 aliphatic rings. The average molecular weight is 271 g/mol. The number of amides is 2. The van der Waals surface area contributed by atoms with Crippen LogP contribution in [0, 0.1) is 17.8 Å². The van der Waals surface area contributed by atoms with Gasteiger partial charge in [0.15, 0.2) is 0 Å². The number of imide groups is 1. The molecule has 1 fully saturated rings. The molecule has 0 bridgehead atoms. The SMILES string of the molecule is CC1CC(=O)N(C(C)c2ccc(C#CCO)cc2)C1=O. The van der Waals surface area contributed by atoms with E-state index in [0.717, 1.165) is 11.1 Å². The van der Waals surface area contributed by atoms with Gasteiger partial charge in [-0.25, -0.2) is 0 Å². The maximum absolute atomic E-state index is 12.0. The second-order valence-electron chi connectivity index (χ2n) is 4.97. The van der Waals surface area contributed by atoms with Gasteiger partial charge in [0.1, 0.15) is 6.61 Å². The fourth-order valence-electron chi connectivity index (χ4n) is 2.35. The van der Waals surface area contributed by atoms with Gasteiger partial charge >= 0.3 is 0 Å². The number of carbonyl (C=O) groups is 2. The maximum atomic E-state index is 12.0. The second kappa shape index (κ2) is 5.89. The van der Waals surface area contributed by atoms with Crippen LogP contribution in [0.3, 0.4) is 0 Å². The number of benzene rings is 1. The van der Waals surface area contributed by atoms with E-state index in [1.807, 2.05) is 31.2 Å². The number of hydrogen-bond donors (Lipinski definition) is 1. The molecule has 0 spiro atoms. The van der Waals surface area contributed by atoms with Crippen molar-refractivity contribution >= 4 is 11.8 Å². The molecule has 0 saturated carbocycles. The molecular weight excluding hydrogens is 254 g/mol. The third-order valence-corrected chi connectivity index (χ3v) is 3.50. The lowest BCUT2D eigenvalue weighted by Gasteiger charge is -2.23. The van der Waals surface area contributed by atoms with Crippen LogP contribution < -0.4 is 0 Å². The number of rotatable bonds is 2. The van der Waals surface area contributed by atoms with Gasteiger partial charge in [-0.1, -0.05) is 30.9 Å². The van der Waals surface area contributed by atoms with Crippen LogP contribution in [-0.2, 0) is 9.59 Å². The van der Waals surface area contributed by atoms with Crippen molar-refractivity contribution in [1.82, 2.24) is 4.90 Å². The highest BCUT2D eigenvalue weighted by molar-refractivity contribution is 6.03. The predicted molar refractivity (Wildman–Crippen MR) is 74.5 cm³/mol. The van der Waals surface area contributed by atoms with Gasteiger partial charge in [0, 0.05) is 17.9 Å². The molecule has 1 aliphatic heterocycles. The van der Waals surface area contributed by atoms with Gasteiger partial charge in [-0.15, -0.1) is 0 Å². The van der Waals surface area contributed by atoms with Crippen molar-refractivity contribution in [2.24, 2.45) is 5.92 Å². The molecule has 104 valence electrons. The molecule has 1 aromatic rings. The van der Waals surface area contributed by atoms with Gasteiger partial charge in [-0.3, -0.25) is 14.5 Å². The summed E-state index contributed by atoms with van der Waals surface area (Å²) in [5.41, 5.74) is 1.69. The molecule has 2 unspecified atom stereocenters. The van der Waals surface area contributed by atoms with Crippen molar-refractivity contribution in [3.63, 3.8) is 0 Å². The summed E-state index contributed by atoms with van der Waals surface area (Å²) in [5, 5.41) is 8.64. The molecule has 0 aliphatic carbocycles. The highest BCUT2D eigenvalue weighted by Gasteiger charge is 2.38. The largest absolute Gasteiger partial charge is 0.384 e. The first-order valence-corrected chi connectivity index (χ1v) is 6.60. The Hall–Kier alpha value is -2.12. The minimum Gasteiger partial charge on any atom is -0.384 e. The summed E-state index contributed by atoms with van der Waals surface area (Å²) in [7, 11) is 0. The average Bonchev–Trinajstić information content (AvgIpc) is 2.70. The topological polar surface area (TPSA) is 57.6 Å². The quantitative estimate of drug-likeness (QED) is 0.655. The van der Waals surface area contributed by atoms with Gasteiger partial charge in [0.05, 0.1) is 6.04 Å². The van der Waals surface area contributed by atoms with Crippen LogP contribution >= 0.6 is 0 Å². The smallest absolute Gasteiger partial charge is 0.233 e. The minimum absolute atomic E-state index is 0.105. The fraction of sp³-hybridized carbons (Fsp3) is 0.375. The van der Waals surface area contributed by atoms with Crippen molar-refractivity contribution < 1.29 is 14.7 Å². The van der Waals surface area contributed by atoms with E-state index in [1.165, 1.54) is 4.90 Å². The lowest BCUT2D eigenvalue weighted by atomic mass is 10.0. The third-order valence-electron chi connectivity index (χ3n) is 3.50. The van der Waals surface area contributed by atoms with E-state index in [9.17, 15) is 9.59 Å². The minimum atomic E-state index is -0.264. The highest BCUT2D eigenvalue weighted by atomic mass is 16.2. The molecule has 1 N–H and O–H groups in total. The van der Waals surface area contributed by atoms with Crippen molar-refractivity contribution in [2.75, 3.05) is 6.61 Å². The van der Waals surface area contributed by atoms with Gasteiger partial charge in [0.2, 0.25) is 11.8 Å². The molecule has 2 atom stereocenters. The van der Waals surface area contributed by atoms with E-state index in [2.05, 4.69) is 11.8 Å². The van der Waals surface area contributed by atoms with Crippen LogP contribution in [-0.4, -0.2) is 28.4 Å². The Balaban J connectivity index is 2.19. The van der Waals surface area contributed by atoms with Crippen LogP contribution in [0.4, 0.5) is 0 Å². The highest BCUT2D eigenvalue weighted by Crippen LogP contribution is 2.29. The number of aliphatic hydroxyl groups excluding tert-OH is 1. The zero-order valence-corrected chi connectivity index (χ0v) is 11.6. The van der Waals surface area contributed by atoms with Crippen LogP contribution in [0.2, 0.25) is 0 Å². The Morgan fingerprint density at radius 2 is 2.00 bits per heavy atom. The Morgan fingerprint density at radius 3 is 2.50 bits per heavy atom. The third kappa shape index (κ3) is 2.73. The van der Waals surface area contributed by atoms with Gasteiger partial charge in [-0.05, 0) is 24.6 Å². The van der Waals surface area contributed by atoms with Crippen LogP contribution in [0.1, 0.15) is 37.4 Å². The molecule has 20 heavy (non-hydrogen) atoms. The first kappa shape index (κ1) is 14.3. The number of nitrogens with zero attached hydrogens (tertiary/aromatic N) is 1. The molecular formula is C16H17NO3. The first-order valence-electron chi connectivity index (χ1n) is 6.60. The summed E-state index contributed by atoms with van der Waals surface area (Å²) in [6.07, 6.45) is 0.295. The molecule has 0 aromatic heterocycles. The van der Waals surface area contributed by atoms with Gasteiger partial charge < -0.3 is 5.11 Å². The number of carbonyl (C=O) groups excluding carboxylic acids is 2. The molecule has 4 nitrogen and oxygen atoms in total. The van der Waals surface area contributed by atoms with Crippen molar-refractivity contribution in [1.29, 1.82) is 0 Å². The van der Waals surface area contributed by atoms with E-state index in [-0.39, 0.29) is 30.4 Å². The van der Waals surface area contributed by atoms with Gasteiger partial charge in [0.25, 0.3) is 0 Å². The monoisotopic (exact) mass is 271 g/mol. The lowest BCUT2D eigenvalue weighted by molar-refractivity contribution is -0.141. The molecule has 2 rings (SSSR count). The summed E-state index contributed by atoms with van der Waals surface area (Å²) in [5.74, 6) is 4.94. The summed E-state index contributed by atoms with van der Waals surface area (Å²) in [4.78, 5) is 25.2. The maximum Gasteiger partial charge on any atom is 0.233 e. The van der Waals surface area contributed by atoms with Crippen LogP contribution in [0.15, 0.2) is 24.3 Å². The predicted octanol–water partition coefficient (Wildman–Crippen LogP) is 1.49. The molecule has 1 aromatic carbocycles. The molecule has 2 amide bonds. The summed E-state index contributed by atoms with van der Waals surface area (Å²) >= 11 is 0. The van der Waals surface area contributed by atoms with E-state index >= 15 is 0 Å². The Labute approximate surface area is 118 Å². The lowest BCUT2D eigenvalue weighted by Crippen LogP contribution is -2.33. The van der Waals surface area contributed by atoms with Crippen molar-refractivity contribution in [3.05, 3.63) is 35.4 Å². The summed E-state index contributed by atoms with van der Waals surface area (Å²) in [6, 6.07) is 7.09. The zero-order chi connectivity index (χ0) is 14.7. The van der Waals surface area contributed by atoms with Crippen LogP contribution in [0.25, 0.3) is 0 Å². The van der Waals surface area contributed by atoms with Gasteiger partial charge in [-0.2, -0.15) is 0 Å². The number of aliphatic hydroxyl groups is 1. The van der Waals surface area contributed by atoms with Crippen molar-refractivity contribution in [3.8, 4) is 11.8 Å². The van der Waals surface area contributed by atoms with Crippen molar-refractivity contribution in [2.45, 2.75) is 26.3 Å². The standard InChI is InChI=1S/C16H17NO3/c1-11-10-15(19)17(16(11)20)12(2)14-7-5-13(6-8-14)4-3-9-18/h5-8,11-12,18H,9-10H2,1-2H3. The first-order chi connectivity index (χ1) is 9.54. The normalized spacial score (nSPS) is 19.8. The number of likely N-dealkylation sites (tertiary alicyclic amines) is 1. The molecule has 1 saturated heterocycles. The van der Waals surface area contributed by atoms with E-state index < -0.39 is 0 Å². The molecule has 1 heterocycles. The Morgan fingerprint density at radius 1 is 1.35 bits per heavy atom. The summed E-state index contributed by atoms with van der Waals surface area (Å²) in [6.45, 7) is 3.45. The van der Waals surface area contributed by atoms with E-state index in [0.29, 0.717) is 6.42 Å². The second-order valence-corrected chi connectivity index (χ2v) is 4.97. The van der Waals surface area contributed by atoms with E-state index in [1.54, 1.807) is 6.92 Å². The van der Waals surface area contributed by atoms with Crippen LogP contribution in [0.5, 0.6) is 0 Å². The Bertz CT molecular complexity index is 580. The summed E-state index contributed by atoms with van der Waals surface area (Å²) < 4.78 is 0. The zero-order valence-electron chi connectivity index (χ0n) is 11.6. The molecule has 0 radical (unpaired) electrons. The number of hydrogen-bond acceptors (Lipinski definition) is 3. The fourth-order valence-corrected chi connectivity index (χ4v) is 2.35.